The molecule has 0 aliphatic rings. The van der Waals surface area contributed by atoms with Gasteiger partial charge in [0, 0.05) is 17.6 Å². The van der Waals surface area contributed by atoms with E-state index in [9.17, 15) is 13.2 Å². The summed E-state index contributed by atoms with van der Waals surface area (Å²) in [5.74, 6) is -0.528. The molecular formula is C16H14Cl2N2O4S. The highest BCUT2D eigenvalue weighted by Crippen LogP contribution is 2.29. The maximum Gasteiger partial charge on any atom is 0.419 e. The van der Waals surface area contributed by atoms with Crippen LogP contribution in [-0.2, 0) is 16.6 Å². The predicted octanol–water partition coefficient (Wildman–Crippen LogP) is 4.03. The molecule has 3 aromatic rings. The van der Waals surface area contributed by atoms with E-state index in [2.05, 4.69) is 4.72 Å². The van der Waals surface area contributed by atoms with Gasteiger partial charge < -0.3 is 4.42 Å². The molecular weight excluding hydrogens is 387 g/mol. The molecule has 1 N–H and O–H groups in total. The van der Waals surface area contributed by atoms with Crippen LogP contribution >= 0.6 is 23.2 Å². The third-order valence-electron chi connectivity index (χ3n) is 3.75. The first-order valence-corrected chi connectivity index (χ1v) is 9.58. The zero-order valence-corrected chi connectivity index (χ0v) is 15.7. The number of fused-ring (bicyclic) bond motifs is 1. The third kappa shape index (κ3) is 3.27. The molecule has 1 heterocycles. The van der Waals surface area contributed by atoms with Gasteiger partial charge in [-0.15, -0.1) is 0 Å². The second-order valence-electron chi connectivity index (χ2n) is 5.43. The van der Waals surface area contributed by atoms with E-state index in [1.807, 2.05) is 0 Å². The van der Waals surface area contributed by atoms with Crippen LogP contribution in [0, 0.1) is 6.92 Å². The van der Waals surface area contributed by atoms with Gasteiger partial charge in [-0.3, -0.25) is 9.29 Å². The van der Waals surface area contributed by atoms with E-state index in [-0.39, 0.29) is 21.2 Å². The molecule has 0 saturated heterocycles. The quantitative estimate of drug-likeness (QED) is 0.716. The Hall–Kier alpha value is -1.96. The number of anilines is 1. The lowest BCUT2D eigenvalue weighted by Crippen LogP contribution is -2.15. The first-order chi connectivity index (χ1) is 11.7. The molecule has 0 radical (unpaired) electrons. The highest BCUT2D eigenvalue weighted by Gasteiger charge is 2.21. The van der Waals surface area contributed by atoms with Crippen molar-refractivity contribution in [3.05, 3.63) is 56.5 Å². The Morgan fingerprint density at radius 3 is 2.56 bits per heavy atom. The number of benzene rings is 2. The highest BCUT2D eigenvalue weighted by molar-refractivity contribution is 7.92. The van der Waals surface area contributed by atoms with Gasteiger partial charge in [-0.1, -0.05) is 23.2 Å². The van der Waals surface area contributed by atoms with Gasteiger partial charge >= 0.3 is 5.76 Å². The smallest absolute Gasteiger partial charge is 0.408 e. The molecule has 0 saturated carbocycles. The van der Waals surface area contributed by atoms with Crippen molar-refractivity contribution in [2.24, 2.45) is 0 Å². The van der Waals surface area contributed by atoms with E-state index in [1.165, 1.54) is 28.8 Å². The molecule has 0 amide bonds. The second kappa shape index (κ2) is 6.40. The fraction of sp³-hybridized carbons (Fsp3) is 0.188. The van der Waals surface area contributed by atoms with Gasteiger partial charge in [-0.2, -0.15) is 0 Å². The van der Waals surface area contributed by atoms with Crippen LogP contribution in [0.3, 0.4) is 0 Å². The Kier molecular flexibility index (Phi) is 4.57. The zero-order valence-electron chi connectivity index (χ0n) is 13.3. The van der Waals surface area contributed by atoms with Gasteiger partial charge in [0.2, 0.25) is 0 Å². The maximum absolute atomic E-state index is 12.7. The van der Waals surface area contributed by atoms with Crippen LogP contribution in [0.25, 0.3) is 11.1 Å². The van der Waals surface area contributed by atoms with Crippen molar-refractivity contribution in [3.8, 4) is 0 Å². The minimum Gasteiger partial charge on any atom is -0.408 e. The summed E-state index contributed by atoms with van der Waals surface area (Å²) in [7, 11) is -3.93. The number of halogens is 2. The number of oxazole rings is 1. The molecule has 0 spiro atoms. The summed E-state index contributed by atoms with van der Waals surface area (Å²) in [5.41, 5.74) is 1.44. The zero-order chi connectivity index (χ0) is 18.4. The van der Waals surface area contributed by atoms with Gasteiger partial charge in [-0.05, 0) is 43.7 Å². The molecule has 6 nitrogen and oxygen atoms in total. The summed E-state index contributed by atoms with van der Waals surface area (Å²) in [6.07, 6.45) is 0. The van der Waals surface area contributed by atoms with E-state index in [4.69, 9.17) is 27.6 Å². The predicted molar refractivity (Wildman–Crippen MR) is 98.2 cm³/mol. The van der Waals surface area contributed by atoms with Crippen molar-refractivity contribution in [3.63, 3.8) is 0 Å². The monoisotopic (exact) mass is 400 g/mol. The average Bonchev–Trinajstić information content (AvgIpc) is 2.83. The van der Waals surface area contributed by atoms with Crippen LogP contribution in [0.5, 0.6) is 0 Å². The molecule has 0 atom stereocenters. The molecule has 1 aromatic heterocycles. The number of hydrogen-bond donors (Lipinski definition) is 1. The number of hydrogen-bond acceptors (Lipinski definition) is 4. The first-order valence-electron chi connectivity index (χ1n) is 7.35. The van der Waals surface area contributed by atoms with E-state index in [1.54, 1.807) is 19.9 Å². The number of sulfonamides is 1. The molecule has 132 valence electrons. The largest absolute Gasteiger partial charge is 0.419 e. The summed E-state index contributed by atoms with van der Waals surface area (Å²) in [6, 6.07) is 7.40. The lowest BCUT2D eigenvalue weighted by atomic mass is 10.2. The Bertz CT molecular complexity index is 1130. The SMILES string of the molecule is CCn1c(=O)oc2cc(S(=O)(=O)Nc3ccc(Cl)cc3Cl)c(C)cc21. The van der Waals surface area contributed by atoms with Crippen LogP contribution in [0.1, 0.15) is 12.5 Å². The van der Waals surface area contributed by atoms with Crippen LogP contribution in [0.4, 0.5) is 5.69 Å². The molecule has 2 aromatic carbocycles. The summed E-state index contributed by atoms with van der Waals surface area (Å²) in [4.78, 5) is 11.8. The van der Waals surface area contributed by atoms with Crippen LogP contribution in [0.15, 0.2) is 44.4 Å². The van der Waals surface area contributed by atoms with Gasteiger partial charge in [-0.25, -0.2) is 13.2 Å². The fourth-order valence-corrected chi connectivity index (χ4v) is 4.39. The molecule has 0 fully saturated rings. The summed E-state index contributed by atoms with van der Waals surface area (Å²) < 4.78 is 34.5. The van der Waals surface area contributed by atoms with Gasteiger partial charge in [0.25, 0.3) is 10.0 Å². The van der Waals surface area contributed by atoms with Gasteiger partial charge in [0.15, 0.2) is 5.58 Å². The maximum atomic E-state index is 12.7. The summed E-state index contributed by atoms with van der Waals surface area (Å²) in [6.45, 7) is 3.88. The first kappa shape index (κ1) is 17.8. The van der Waals surface area contributed by atoms with Crippen molar-refractivity contribution in [2.75, 3.05) is 4.72 Å². The standard InChI is InChI=1S/C16H14Cl2N2O4S/c1-3-20-13-6-9(2)15(8-14(13)24-16(20)21)25(22,23)19-12-5-4-10(17)7-11(12)18/h4-8,19H,3H2,1-2H3. The molecule has 3 rings (SSSR count). The van der Waals surface area contributed by atoms with Crippen LogP contribution in [-0.4, -0.2) is 13.0 Å². The molecule has 0 aliphatic heterocycles. The number of rotatable bonds is 4. The Labute approximate surface area is 154 Å². The summed E-state index contributed by atoms with van der Waals surface area (Å²) >= 11 is 11.8. The van der Waals surface area contributed by atoms with E-state index in [0.29, 0.717) is 22.6 Å². The molecule has 25 heavy (non-hydrogen) atoms. The van der Waals surface area contributed by atoms with Crippen molar-refractivity contribution in [1.82, 2.24) is 4.57 Å². The number of aryl methyl sites for hydroxylation is 2. The molecule has 0 bridgehead atoms. The average molecular weight is 401 g/mol. The van der Waals surface area contributed by atoms with Gasteiger partial charge in [0.05, 0.1) is 21.1 Å². The Balaban J connectivity index is 2.11. The van der Waals surface area contributed by atoms with Crippen molar-refractivity contribution in [1.29, 1.82) is 0 Å². The van der Waals surface area contributed by atoms with Crippen molar-refractivity contribution >= 4 is 50.0 Å². The normalized spacial score (nSPS) is 11.8. The second-order valence-corrected chi connectivity index (χ2v) is 7.92. The van der Waals surface area contributed by atoms with E-state index >= 15 is 0 Å². The van der Waals surface area contributed by atoms with E-state index in [0.717, 1.165) is 0 Å². The lowest BCUT2D eigenvalue weighted by molar-refractivity contribution is 0.512. The van der Waals surface area contributed by atoms with Crippen LogP contribution in [0.2, 0.25) is 10.0 Å². The summed E-state index contributed by atoms with van der Waals surface area (Å²) in [5, 5.41) is 0.576. The van der Waals surface area contributed by atoms with E-state index < -0.39 is 15.8 Å². The molecule has 0 unspecified atom stereocenters. The minimum absolute atomic E-state index is 0.00280. The molecule has 9 heteroatoms. The van der Waals surface area contributed by atoms with Crippen molar-refractivity contribution < 1.29 is 12.8 Å². The minimum atomic E-state index is -3.93. The number of aromatic nitrogens is 1. The highest BCUT2D eigenvalue weighted by atomic mass is 35.5. The third-order valence-corrected chi connectivity index (χ3v) is 5.80. The Morgan fingerprint density at radius 1 is 1.20 bits per heavy atom. The number of nitrogens with one attached hydrogen (secondary N) is 1. The Morgan fingerprint density at radius 2 is 1.92 bits per heavy atom. The number of nitrogens with zero attached hydrogens (tertiary/aromatic N) is 1. The lowest BCUT2D eigenvalue weighted by Gasteiger charge is -2.12. The topological polar surface area (TPSA) is 81.3 Å². The van der Waals surface area contributed by atoms with Crippen molar-refractivity contribution in [2.45, 2.75) is 25.3 Å². The molecule has 0 aliphatic carbocycles. The van der Waals surface area contributed by atoms with Gasteiger partial charge in [0.1, 0.15) is 0 Å². The fourth-order valence-electron chi connectivity index (χ4n) is 2.56. The van der Waals surface area contributed by atoms with Crippen LogP contribution < -0.4 is 10.5 Å².